The summed E-state index contributed by atoms with van der Waals surface area (Å²) in [5.74, 6) is 0. The Morgan fingerprint density at radius 1 is 1.00 bits per heavy atom. The number of hydrogen-bond donors (Lipinski definition) is 4. The zero-order valence-corrected chi connectivity index (χ0v) is 15.4. The molecule has 0 saturated heterocycles. The Bertz CT molecular complexity index is 221. The monoisotopic (exact) mass is 328 g/mol. The van der Waals surface area contributed by atoms with Gasteiger partial charge in [-0.15, -0.1) is 0 Å². The van der Waals surface area contributed by atoms with Gasteiger partial charge in [0.15, 0.2) is 6.29 Å². The maximum absolute atomic E-state index is 9.45. The number of hydrogen-bond acceptors (Lipinski definition) is 5. The van der Waals surface area contributed by atoms with Gasteiger partial charge >= 0.3 is 0 Å². The summed E-state index contributed by atoms with van der Waals surface area (Å²) >= 11 is 0. The molecule has 20 heavy (non-hydrogen) atoms. The third-order valence-corrected chi connectivity index (χ3v) is 2.49. The van der Waals surface area contributed by atoms with Crippen LogP contribution in [0.15, 0.2) is 0 Å². The molecule has 0 heterocycles. The zero-order valence-electron chi connectivity index (χ0n) is 13.8. The molecule has 0 aromatic heterocycles. The van der Waals surface area contributed by atoms with Crippen LogP contribution < -0.4 is 0 Å². The van der Waals surface area contributed by atoms with Crippen molar-refractivity contribution in [1.82, 2.24) is 0 Å². The van der Waals surface area contributed by atoms with Gasteiger partial charge in [0.25, 0.3) is 0 Å². The van der Waals surface area contributed by atoms with Gasteiger partial charge in [0, 0.05) is 41.7 Å². The summed E-state index contributed by atoms with van der Waals surface area (Å²) in [6, 6.07) is 0. The second kappa shape index (κ2) is 11.1. The molecule has 0 fully saturated rings. The van der Waals surface area contributed by atoms with E-state index in [4.69, 9.17) is 15.3 Å². The zero-order chi connectivity index (χ0) is 15.9. The van der Waals surface area contributed by atoms with Crippen molar-refractivity contribution in [2.75, 3.05) is 7.11 Å². The van der Waals surface area contributed by atoms with E-state index >= 15 is 0 Å². The molecule has 5 nitrogen and oxygen atoms in total. The average Bonchev–Trinajstić information content (AvgIpc) is 2.12. The quantitative estimate of drug-likeness (QED) is 0.451. The number of rotatable bonds is 5. The predicted molar refractivity (Wildman–Crippen MR) is 75.7 cm³/mol. The summed E-state index contributed by atoms with van der Waals surface area (Å²) in [6.45, 7) is 10.8. The Hall–Kier alpha value is 0.514. The van der Waals surface area contributed by atoms with Gasteiger partial charge in [0.1, 0.15) is 0 Å². The number of aliphatic hydroxyl groups excluding tert-OH is 3. The Morgan fingerprint density at radius 2 is 1.40 bits per heavy atom. The normalized spacial score (nSPS) is 16.4. The number of aliphatic hydroxyl groups is 4. The van der Waals surface area contributed by atoms with E-state index < -0.39 is 24.1 Å². The summed E-state index contributed by atoms with van der Waals surface area (Å²) < 4.78 is 4.61. The predicted octanol–water partition coefficient (Wildman–Crippen LogP) is 1.27. The summed E-state index contributed by atoms with van der Waals surface area (Å²) in [5.41, 5.74) is -0.923. The molecule has 122 valence electrons. The van der Waals surface area contributed by atoms with Crippen molar-refractivity contribution in [3.63, 3.8) is 0 Å². The van der Waals surface area contributed by atoms with E-state index in [0.717, 1.165) is 0 Å². The second-order valence-corrected chi connectivity index (χ2v) is 6.67. The van der Waals surface area contributed by atoms with Crippen molar-refractivity contribution in [3.8, 4) is 0 Å². The molecular formula is C14H32O5Ti. The average molecular weight is 328 g/mol. The summed E-state index contributed by atoms with van der Waals surface area (Å²) in [5, 5.41) is 36.2. The summed E-state index contributed by atoms with van der Waals surface area (Å²) in [6.07, 6.45) is -1.09. The van der Waals surface area contributed by atoms with Crippen LogP contribution in [-0.2, 0) is 26.5 Å². The van der Waals surface area contributed by atoms with Gasteiger partial charge in [-0.25, -0.2) is 0 Å². The fourth-order valence-electron chi connectivity index (χ4n) is 1.36. The van der Waals surface area contributed by atoms with Gasteiger partial charge in [-0.2, -0.15) is 0 Å². The molecule has 0 aliphatic rings. The van der Waals surface area contributed by atoms with E-state index in [1.165, 1.54) is 7.11 Å². The SMILES string of the molecule is CC(O)CC(C)(C)O.COC(O)CC(O)C(C)(C)C.[Ti]. The van der Waals surface area contributed by atoms with Crippen LogP contribution in [-0.4, -0.2) is 51.6 Å². The smallest absolute Gasteiger partial charge is 0.156 e. The van der Waals surface area contributed by atoms with Crippen LogP contribution in [0.5, 0.6) is 0 Å². The molecule has 0 saturated carbocycles. The fourth-order valence-corrected chi connectivity index (χ4v) is 1.36. The Morgan fingerprint density at radius 3 is 1.55 bits per heavy atom. The van der Waals surface area contributed by atoms with Gasteiger partial charge in [-0.05, 0) is 26.2 Å². The van der Waals surface area contributed by atoms with Gasteiger partial charge < -0.3 is 25.2 Å². The van der Waals surface area contributed by atoms with Crippen molar-refractivity contribution in [2.45, 2.75) is 78.5 Å². The van der Waals surface area contributed by atoms with E-state index in [1.807, 2.05) is 20.8 Å². The van der Waals surface area contributed by atoms with Crippen LogP contribution in [0.3, 0.4) is 0 Å². The molecule has 3 unspecified atom stereocenters. The van der Waals surface area contributed by atoms with E-state index in [-0.39, 0.29) is 33.6 Å². The van der Waals surface area contributed by atoms with Crippen molar-refractivity contribution in [1.29, 1.82) is 0 Å². The van der Waals surface area contributed by atoms with Gasteiger partial charge in [-0.1, -0.05) is 20.8 Å². The molecule has 0 radical (unpaired) electrons. The molecule has 0 rings (SSSR count). The maximum atomic E-state index is 9.45. The van der Waals surface area contributed by atoms with E-state index in [9.17, 15) is 5.11 Å². The van der Waals surface area contributed by atoms with Crippen molar-refractivity contribution in [3.05, 3.63) is 0 Å². The first kappa shape index (κ1) is 25.5. The summed E-state index contributed by atoms with van der Waals surface area (Å²) in [7, 11) is 1.42. The van der Waals surface area contributed by atoms with Crippen LogP contribution in [0.25, 0.3) is 0 Å². The molecule has 0 aromatic rings. The molecule has 0 bridgehead atoms. The molecule has 3 atom stereocenters. The minimum Gasteiger partial charge on any atom is -0.393 e. The van der Waals surface area contributed by atoms with Gasteiger partial charge in [-0.3, -0.25) is 0 Å². The van der Waals surface area contributed by atoms with Gasteiger partial charge in [0.2, 0.25) is 0 Å². The van der Waals surface area contributed by atoms with Gasteiger partial charge in [0.05, 0.1) is 17.8 Å². The topological polar surface area (TPSA) is 90.2 Å². The molecule has 0 aliphatic carbocycles. The minimum absolute atomic E-state index is 0. The number of methoxy groups -OCH3 is 1. The first-order valence-corrected chi connectivity index (χ1v) is 6.59. The Balaban J connectivity index is -0.000000288. The van der Waals surface area contributed by atoms with Crippen LogP contribution in [0.2, 0.25) is 0 Å². The Kier molecular flexibility index (Phi) is 14.2. The first-order chi connectivity index (χ1) is 8.29. The molecule has 0 aliphatic heterocycles. The summed E-state index contributed by atoms with van der Waals surface area (Å²) in [4.78, 5) is 0. The molecular weight excluding hydrogens is 296 g/mol. The standard InChI is InChI=1S/C8H18O3.C6H14O2.Ti/c1-8(2,3)6(9)5-7(10)11-4;1-5(7)4-6(2,3)8;/h6-7,9-10H,5H2,1-4H3;5,7-8H,4H2,1-3H3;. The molecule has 6 heteroatoms. The maximum Gasteiger partial charge on any atom is 0.156 e. The molecule has 0 spiro atoms. The van der Waals surface area contributed by atoms with Crippen molar-refractivity contribution >= 4 is 0 Å². The molecule has 0 amide bonds. The number of ether oxygens (including phenoxy) is 1. The fraction of sp³-hybridized carbons (Fsp3) is 1.00. The van der Waals surface area contributed by atoms with Crippen LogP contribution >= 0.6 is 0 Å². The van der Waals surface area contributed by atoms with E-state index in [1.54, 1.807) is 20.8 Å². The van der Waals surface area contributed by atoms with Crippen LogP contribution in [0, 0.1) is 5.41 Å². The van der Waals surface area contributed by atoms with Crippen LogP contribution in [0.4, 0.5) is 0 Å². The third kappa shape index (κ3) is 18.5. The van der Waals surface area contributed by atoms with E-state index in [0.29, 0.717) is 6.42 Å². The van der Waals surface area contributed by atoms with Crippen LogP contribution in [0.1, 0.15) is 54.4 Å². The third-order valence-electron chi connectivity index (χ3n) is 2.49. The largest absolute Gasteiger partial charge is 0.393 e. The first-order valence-electron chi connectivity index (χ1n) is 6.59. The molecule has 0 aromatic carbocycles. The minimum atomic E-state index is -0.857. The van der Waals surface area contributed by atoms with Crippen molar-refractivity contribution < 1.29 is 46.9 Å². The van der Waals surface area contributed by atoms with Crippen molar-refractivity contribution in [2.24, 2.45) is 5.41 Å². The second-order valence-electron chi connectivity index (χ2n) is 6.67. The Labute approximate surface area is 138 Å². The molecule has 4 N–H and O–H groups in total. The van der Waals surface area contributed by atoms with E-state index in [2.05, 4.69) is 4.74 Å².